The molecule has 3 aromatic rings. The van der Waals surface area contributed by atoms with Gasteiger partial charge in [-0.15, -0.1) is 5.10 Å². The smallest absolute Gasteiger partial charge is 0.275 e. The summed E-state index contributed by atoms with van der Waals surface area (Å²) in [5, 5.41) is 4.26. The molecule has 3 rings (SSSR count). The van der Waals surface area contributed by atoms with Crippen molar-refractivity contribution in [3.63, 3.8) is 0 Å². The number of aryl methyl sites for hydroxylation is 1. The Morgan fingerprint density at radius 3 is 3.00 bits per heavy atom. The van der Waals surface area contributed by atoms with E-state index in [1.54, 1.807) is 11.8 Å². The van der Waals surface area contributed by atoms with Gasteiger partial charge >= 0.3 is 0 Å². The molecule has 0 saturated carbocycles. The van der Waals surface area contributed by atoms with Crippen LogP contribution in [0.2, 0.25) is 0 Å². The Balaban J connectivity index is 1.83. The second-order valence-corrected chi connectivity index (χ2v) is 7.15. The molecule has 0 atom stereocenters. The summed E-state index contributed by atoms with van der Waals surface area (Å²) in [5.74, 6) is 1.69. The van der Waals surface area contributed by atoms with Crippen LogP contribution in [0.1, 0.15) is 18.2 Å². The van der Waals surface area contributed by atoms with Gasteiger partial charge in [0.25, 0.3) is 5.56 Å². The number of rotatable bonds is 5. The van der Waals surface area contributed by atoms with Gasteiger partial charge in [-0.1, -0.05) is 42.2 Å². The molecule has 2 aromatic heterocycles. The van der Waals surface area contributed by atoms with Crippen molar-refractivity contribution in [1.29, 1.82) is 0 Å². The summed E-state index contributed by atoms with van der Waals surface area (Å²) in [5.41, 5.74) is 1.57. The second kappa shape index (κ2) is 6.50. The fourth-order valence-electron chi connectivity index (χ4n) is 1.96. The van der Waals surface area contributed by atoms with Crippen molar-refractivity contribution in [3.05, 3.63) is 51.9 Å². The predicted octanol–water partition coefficient (Wildman–Crippen LogP) is 3.15. The van der Waals surface area contributed by atoms with E-state index in [2.05, 4.69) is 10.1 Å². The fourth-order valence-corrected chi connectivity index (χ4v) is 3.81. The van der Waals surface area contributed by atoms with Crippen molar-refractivity contribution in [2.24, 2.45) is 0 Å². The summed E-state index contributed by atoms with van der Waals surface area (Å²) in [6.07, 6.45) is 0. The average molecular weight is 333 g/mol. The first-order chi connectivity index (χ1) is 10.7. The normalized spacial score (nSPS) is 11.0. The van der Waals surface area contributed by atoms with Gasteiger partial charge in [-0.05, 0) is 30.4 Å². The Hall–Kier alpha value is -1.86. The van der Waals surface area contributed by atoms with Crippen LogP contribution in [-0.2, 0) is 6.61 Å². The van der Waals surface area contributed by atoms with Crippen molar-refractivity contribution >= 4 is 28.1 Å². The summed E-state index contributed by atoms with van der Waals surface area (Å²) in [4.78, 5) is 17.1. The SMILES string of the molecule is CCSc1nn2c(=O)cc(COc3cccc(C)c3)nc2s1. The number of hydrogen-bond acceptors (Lipinski definition) is 6. The first-order valence-corrected chi connectivity index (χ1v) is 8.68. The lowest BCUT2D eigenvalue weighted by atomic mass is 10.2. The largest absolute Gasteiger partial charge is 0.487 e. The van der Waals surface area contributed by atoms with Crippen LogP contribution in [0.15, 0.2) is 39.5 Å². The molecule has 1 aromatic carbocycles. The van der Waals surface area contributed by atoms with Gasteiger partial charge in [-0.25, -0.2) is 4.98 Å². The van der Waals surface area contributed by atoms with E-state index < -0.39 is 0 Å². The minimum Gasteiger partial charge on any atom is -0.487 e. The summed E-state index contributed by atoms with van der Waals surface area (Å²) >= 11 is 3.03. The van der Waals surface area contributed by atoms with Crippen LogP contribution in [0.4, 0.5) is 0 Å². The zero-order valence-electron chi connectivity index (χ0n) is 12.3. The van der Waals surface area contributed by atoms with E-state index in [-0.39, 0.29) is 12.2 Å². The summed E-state index contributed by atoms with van der Waals surface area (Å²) < 4.78 is 7.90. The molecule has 0 aliphatic heterocycles. The number of thioether (sulfide) groups is 1. The topological polar surface area (TPSA) is 56.5 Å². The highest BCUT2D eigenvalue weighted by Gasteiger charge is 2.09. The molecule has 2 heterocycles. The average Bonchev–Trinajstić information content (AvgIpc) is 2.89. The van der Waals surface area contributed by atoms with Crippen LogP contribution in [0.5, 0.6) is 5.75 Å². The Morgan fingerprint density at radius 1 is 1.36 bits per heavy atom. The monoisotopic (exact) mass is 333 g/mol. The number of ether oxygens (including phenoxy) is 1. The van der Waals surface area contributed by atoms with Gasteiger partial charge in [0, 0.05) is 6.07 Å². The molecule has 7 heteroatoms. The highest BCUT2D eigenvalue weighted by atomic mass is 32.2. The van der Waals surface area contributed by atoms with Crippen molar-refractivity contribution in [2.45, 2.75) is 24.8 Å². The summed E-state index contributed by atoms with van der Waals surface area (Å²) in [6.45, 7) is 4.32. The number of hydrogen-bond donors (Lipinski definition) is 0. The van der Waals surface area contributed by atoms with E-state index >= 15 is 0 Å². The molecular weight excluding hydrogens is 318 g/mol. The first-order valence-electron chi connectivity index (χ1n) is 6.88. The van der Waals surface area contributed by atoms with E-state index in [1.807, 2.05) is 38.1 Å². The Labute approximate surface area is 136 Å². The van der Waals surface area contributed by atoms with E-state index in [0.29, 0.717) is 10.7 Å². The third kappa shape index (κ3) is 3.31. The Morgan fingerprint density at radius 2 is 2.23 bits per heavy atom. The third-order valence-corrected chi connectivity index (χ3v) is 4.85. The van der Waals surface area contributed by atoms with Crippen molar-refractivity contribution in [1.82, 2.24) is 14.6 Å². The van der Waals surface area contributed by atoms with Gasteiger partial charge in [0.05, 0.1) is 5.69 Å². The van der Waals surface area contributed by atoms with Crippen molar-refractivity contribution < 1.29 is 4.74 Å². The molecule has 0 saturated heterocycles. The van der Waals surface area contributed by atoms with E-state index in [4.69, 9.17) is 4.74 Å². The molecule has 0 radical (unpaired) electrons. The lowest BCUT2D eigenvalue weighted by Gasteiger charge is -2.06. The quantitative estimate of drug-likeness (QED) is 0.671. The molecule has 5 nitrogen and oxygen atoms in total. The number of aromatic nitrogens is 3. The summed E-state index contributed by atoms with van der Waals surface area (Å²) in [6, 6.07) is 9.26. The molecule has 22 heavy (non-hydrogen) atoms. The molecule has 0 spiro atoms. The van der Waals surface area contributed by atoms with Gasteiger partial charge in [0.1, 0.15) is 12.4 Å². The minimum absolute atomic E-state index is 0.174. The van der Waals surface area contributed by atoms with Gasteiger partial charge in [0.2, 0.25) is 4.96 Å². The van der Waals surface area contributed by atoms with Crippen LogP contribution in [0.25, 0.3) is 4.96 Å². The van der Waals surface area contributed by atoms with Crippen LogP contribution < -0.4 is 10.3 Å². The number of benzene rings is 1. The van der Waals surface area contributed by atoms with Crippen LogP contribution in [0.3, 0.4) is 0 Å². The van der Waals surface area contributed by atoms with E-state index in [1.165, 1.54) is 21.9 Å². The molecule has 0 fully saturated rings. The van der Waals surface area contributed by atoms with E-state index in [9.17, 15) is 4.79 Å². The lowest BCUT2D eigenvalue weighted by molar-refractivity contribution is 0.301. The molecule has 0 unspecified atom stereocenters. The van der Waals surface area contributed by atoms with Crippen LogP contribution in [0, 0.1) is 6.92 Å². The molecule has 0 aliphatic carbocycles. The van der Waals surface area contributed by atoms with Gasteiger partial charge in [0.15, 0.2) is 4.34 Å². The molecule has 0 N–H and O–H groups in total. The lowest BCUT2D eigenvalue weighted by Crippen LogP contribution is -2.16. The summed E-state index contributed by atoms with van der Waals surface area (Å²) in [7, 11) is 0. The standard InChI is InChI=1S/C15H15N3O2S2/c1-3-21-15-17-18-13(19)8-11(16-14(18)22-15)9-20-12-6-4-5-10(2)7-12/h4-8H,3,9H2,1-2H3. The Kier molecular flexibility index (Phi) is 4.44. The minimum atomic E-state index is -0.174. The first kappa shape index (κ1) is 15.1. The maximum atomic E-state index is 12.1. The maximum absolute atomic E-state index is 12.1. The zero-order chi connectivity index (χ0) is 15.5. The molecule has 0 bridgehead atoms. The van der Waals surface area contributed by atoms with Crippen molar-refractivity contribution in [3.8, 4) is 5.75 Å². The molecule has 0 aliphatic rings. The zero-order valence-corrected chi connectivity index (χ0v) is 13.9. The third-order valence-electron chi connectivity index (χ3n) is 2.92. The van der Waals surface area contributed by atoms with E-state index in [0.717, 1.165) is 21.4 Å². The second-order valence-electron chi connectivity index (χ2n) is 4.69. The number of nitrogens with zero attached hydrogens (tertiary/aromatic N) is 3. The highest BCUT2D eigenvalue weighted by molar-refractivity contribution is 8.01. The van der Waals surface area contributed by atoms with Crippen molar-refractivity contribution in [2.75, 3.05) is 5.75 Å². The molecular formula is C15H15N3O2S2. The van der Waals surface area contributed by atoms with Crippen LogP contribution >= 0.6 is 23.1 Å². The number of fused-ring (bicyclic) bond motifs is 1. The molecule has 0 amide bonds. The van der Waals surface area contributed by atoms with Gasteiger partial charge < -0.3 is 4.74 Å². The predicted molar refractivity (Wildman–Crippen MR) is 89.0 cm³/mol. The molecule has 114 valence electrons. The fraction of sp³-hybridized carbons (Fsp3) is 0.267. The van der Waals surface area contributed by atoms with Gasteiger partial charge in [-0.3, -0.25) is 4.79 Å². The Bertz CT molecular complexity index is 857. The van der Waals surface area contributed by atoms with Gasteiger partial charge in [-0.2, -0.15) is 4.52 Å². The van der Waals surface area contributed by atoms with Crippen LogP contribution in [-0.4, -0.2) is 20.4 Å². The maximum Gasteiger partial charge on any atom is 0.275 e. The highest BCUT2D eigenvalue weighted by Crippen LogP contribution is 2.22.